The predicted molar refractivity (Wildman–Crippen MR) is 316 cm³/mol. The Balaban J connectivity index is 1.06. The van der Waals surface area contributed by atoms with Gasteiger partial charge in [-0.15, -0.1) is 10.0 Å². The summed E-state index contributed by atoms with van der Waals surface area (Å²) in [6.07, 6.45) is 3.81. The maximum atomic E-state index is 6.67. The van der Waals surface area contributed by atoms with E-state index in [1.54, 1.807) is 0 Å². The highest BCUT2D eigenvalue weighted by atomic mass is 32.3. The number of aromatic nitrogens is 1. The van der Waals surface area contributed by atoms with Crippen LogP contribution in [0.3, 0.4) is 0 Å². The van der Waals surface area contributed by atoms with Crippen molar-refractivity contribution in [1.82, 2.24) is 4.98 Å². The lowest BCUT2D eigenvalue weighted by Gasteiger charge is -2.40. The maximum absolute atomic E-state index is 6.67. The van der Waals surface area contributed by atoms with E-state index in [1.807, 2.05) is 24.5 Å². The van der Waals surface area contributed by atoms with Gasteiger partial charge in [0.1, 0.15) is 11.2 Å². The lowest BCUT2D eigenvalue weighted by Crippen LogP contribution is -2.11. The van der Waals surface area contributed by atoms with E-state index in [4.69, 9.17) is 4.42 Å². The number of nitrogens with zero attached hydrogens (tertiary/aromatic N) is 3. The molecule has 0 radical (unpaired) electrons. The van der Waals surface area contributed by atoms with Crippen molar-refractivity contribution < 1.29 is 4.42 Å². The number of para-hydroxylation sites is 3. The molecule has 3 heterocycles. The smallest absolute Gasteiger partial charge is 0.137 e. The van der Waals surface area contributed by atoms with Crippen LogP contribution in [0.25, 0.3) is 66.4 Å². The third kappa shape index (κ3) is 7.76. The first kappa shape index (κ1) is 45.0. The molecule has 0 saturated carbocycles. The number of benzene rings is 11. The summed E-state index contributed by atoms with van der Waals surface area (Å²) in [5, 5.41) is 2.19. The molecule has 0 saturated heterocycles. The fourth-order valence-corrected chi connectivity index (χ4v) is 15.5. The highest BCUT2D eigenvalue weighted by Gasteiger charge is 2.43. The van der Waals surface area contributed by atoms with Crippen molar-refractivity contribution in [3.63, 3.8) is 0 Å². The molecule has 76 heavy (non-hydrogen) atoms. The van der Waals surface area contributed by atoms with Gasteiger partial charge in [-0.25, -0.2) is 0 Å². The van der Waals surface area contributed by atoms with Crippen LogP contribution in [0, 0.1) is 0 Å². The Labute approximate surface area is 444 Å². The molecule has 0 N–H and O–H groups in total. The number of pyridine rings is 1. The van der Waals surface area contributed by atoms with Crippen molar-refractivity contribution in [2.45, 2.75) is 19.6 Å². The van der Waals surface area contributed by atoms with Gasteiger partial charge >= 0.3 is 0 Å². The van der Waals surface area contributed by atoms with Crippen molar-refractivity contribution in [2.24, 2.45) is 0 Å². The molecule has 360 valence electrons. The molecule has 0 fully saturated rings. The van der Waals surface area contributed by atoms with Crippen LogP contribution >= 0.6 is 10.0 Å². The molecular formula is C71H49N3OS. The topological polar surface area (TPSA) is 32.5 Å². The van der Waals surface area contributed by atoms with Gasteiger partial charge in [0.2, 0.25) is 0 Å². The monoisotopic (exact) mass is 991 g/mol. The molecule has 0 aliphatic carbocycles. The molecule has 2 aromatic heterocycles. The first-order chi connectivity index (χ1) is 37.7. The van der Waals surface area contributed by atoms with Crippen molar-refractivity contribution in [2.75, 3.05) is 9.80 Å². The van der Waals surface area contributed by atoms with Crippen molar-refractivity contribution in [3.8, 4) is 44.5 Å². The van der Waals surface area contributed by atoms with Gasteiger partial charge in [-0.05, 0) is 166 Å². The van der Waals surface area contributed by atoms with Gasteiger partial charge in [0.05, 0.1) is 0 Å². The Hall–Kier alpha value is -9.68. The number of anilines is 6. The van der Waals surface area contributed by atoms with Gasteiger partial charge in [-0.2, -0.15) is 0 Å². The molecule has 1 unspecified atom stereocenters. The highest BCUT2D eigenvalue weighted by molar-refractivity contribution is 8.34. The van der Waals surface area contributed by atoms with Crippen LogP contribution < -0.4 is 9.80 Å². The van der Waals surface area contributed by atoms with Crippen LogP contribution in [0.5, 0.6) is 0 Å². The average molecular weight is 992 g/mol. The molecule has 11 aromatic carbocycles. The molecule has 14 rings (SSSR count). The summed E-state index contributed by atoms with van der Waals surface area (Å²) in [4.78, 5) is 14.5. The van der Waals surface area contributed by atoms with E-state index in [-0.39, 0.29) is 0 Å². The minimum absolute atomic E-state index is 0.838. The predicted octanol–water partition coefficient (Wildman–Crippen LogP) is 20.2. The van der Waals surface area contributed by atoms with E-state index in [1.165, 1.54) is 30.7 Å². The molecule has 0 spiro atoms. The van der Waals surface area contributed by atoms with Crippen LogP contribution in [0.15, 0.2) is 322 Å². The first-order valence-electron chi connectivity index (χ1n) is 25.7. The summed E-state index contributed by atoms with van der Waals surface area (Å²) >= 11 is 0. The summed E-state index contributed by atoms with van der Waals surface area (Å²) in [5.41, 5.74) is 17.2. The van der Waals surface area contributed by atoms with Crippen LogP contribution in [0.4, 0.5) is 34.1 Å². The fourth-order valence-electron chi connectivity index (χ4n) is 11.3. The molecule has 0 amide bonds. The molecule has 0 bridgehead atoms. The minimum atomic E-state index is -2.11. The SMILES string of the molecule is c1ccc(-c2cc(-c3ccccc3)cc(N(c3ccc4c(c3)-c3cc(N(c5ccccc5)c5ccccc5)ccc3S4(c3ccccc3)c3cccc(-c4cccnc4)c3)c3ccc4c(c3)oc3ccccc34)c2)cc1. The largest absolute Gasteiger partial charge is 0.456 e. The van der Waals surface area contributed by atoms with Gasteiger partial charge < -0.3 is 14.2 Å². The lowest BCUT2D eigenvalue weighted by atomic mass is 9.97. The Kier molecular flexibility index (Phi) is 11.2. The van der Waals surface area contributed by atoms with E-state index in [9.17, 15) is 0 Å². The van der Waals surface area contributed by atoms with Crippen LogP contribution in [-0.4, -0.2) is 4.98 Å². The second-order valence-electron chi connectivity index (χ2n) is 19.2. The summed E-state index contributed by atoms with van der Waals surface area (Å²) < 4.78 is 6.67. The van der Waals surface area contributed by atoms with E-state index in [0.29, 0.717) is 0 Å². The van der Waals surface area contributed by atoms with Gasteiger partial charge in [-0.3, -0.25) is 4.98 Å². The van der Waals surface area contributed by atoms with Gasteiger partial charge in [-0.1, -0.05) is 152 Å². The number of furan rings is 1. The molecule has 1 atom stereocenters. The number of hydrogen-bond donors (Lipinski definition) is 0. The van der Waals surface area contributed by atoms with Crippen LogP contribution in [0.1, 0.15) is 0 Å². The molecule has 1 aliphatic heterocycles. The van der Waals surface area contributed by atoms with E-state index >= 15 is 0 Å². The summed E-state index contributed by atoms with van der Waals surface area (Å²) in [5.74, 6) is 0. The third-order valence-corrected chi connectivity index (χ3v) is 18.7. The molecule has 4 nitrogen and oxygen atoms in total. The Morgan fingerprint density at radius 3 is 1.38 bits per heavy atom. The Morgan fingerprint density at radius 1 is 0.289 bits per heavy atom. The van der Waals surface area contributed by atoms with Crippen LogP contribution in [-0.2, 0) is 0 Å². The summed E-state index contributed by atoms with van der Waals surface area (Å²) in [6.45, 7) is 0. The van der Waals surface area contributed by atoms with Gasteiger partial charge in [0, 0.05) is 88.5 Å². The highest BCUT2D eigenvalue weighted by Crippen LogP contribution is 2.80. The number of fused-ring (bicyclic) bond motifs is 6. The fraction of sp³-hybridized carbons (Fsp3) is 0. The Bertz CT molecular complexity index is 4130. The van der Waals surface area contributed by atoms with Gasteiger partial charge in [0.15, 0.2) is 0 Å². The van der Waals surface area contributed by atoms with Crippen molar-refractivity contribution >= 4 is 66.1 Å². The zero-order valence-electron chi connectivity index (χ0n) is 41.4. The minimum Gasteiger partial charge on any atom is -0.456 e. The Morgan fingerprint density at radius 2 is 0.776 bits per heavy atom. The quantitative estimate of drug-likeness (QED) is 0.129. The standard InChI is InChI=1S/C71H49N3OS/c1-6-20-50(21-7-1)54-42-55(51-22-8-2-9-23-51)44-61(43-54)74(60-35-38-65-64-33-16-17-34-68(64)75-69(65)48-60)59-37-40-71-67(47-59)66-46-58(73(56-26-10-3-11-27-56)57-28-12-4-13-29-57)36-39-70(66)76(71,62-30-14-5-15-31-62)63-32-18-24-52(45-63)53-25-19-41-72-49-53/h1-49H. The van der Waals surface area contributed by atoms with Crippen molar-refractivity contribution in [1.29, 1.82) is 0 Å². The van der Waals surface area contributed by atoms with Crippen molar-refractivity contribution in [3.05, 3.63) is 298 Å². The lowest BCUT2D eigenvalue weighted by molar-refractivity contribution is 0.669. The summed E-state index contributed by atoms with van der Waals surface area (Å²) in [6, 6.07) is 104. The molecular weight excluding hydrogens is 943 g/mol. The molecule has 5 heteroatoms. The van der Waals surface area contributed by atoms with E-state index in [0.717, 1.165) is 89.4 Å². The van der Waals surface area contributed by atoms with E-state index in [2.05, 4.69) is 288 Å². The maximum Gasteiger partial charge on any atom is 0.137 e. The molecule has 13 aromatic rings. The first-order valence-corrected chi connectivity index (χ1v) is 27.4. The second kappa shape index (κ2) is 19.0. The third-order valence-electron chi connectivity index (χ3n) is 14.7. The van der Waals surface area contributed by atoms with E-state index < -0.39 is 10.0 Å². The second-order valence-corrected chi connectivity index (χ2v) is 22.2. The normalized spacial score (nSPS) is 14.4. The average Bonchev–Trinajstić information content (AvgIpc) is 4.21. The number of hydrogen-bond acceptors (Lipinski definition) is 4. The van der Waals surface area contributed by atoms with Gasteiger partial charge in [0.25, 0.3) is 0 Å². The molecule has 1 aliphatic rings. The van der Waals surface area contributed by atoms with Crippen LogP contribution in [0.2, 0.25) is 0 Å². The zero-order chi connectivity index (χ0) is 50.4. The summed E-state index contributed by atoms with van der Waals surface area (Å²) in [7, 11) is -2.11. The zero-order valence-corrected chi connectivity index (χ0v) is 42.3. The number of rotatable bonds is 11.